The Bertz CT molecular complexity index is 813. The van der Waals surface area contributed by atoms with E-state index in [-0.39, 0.29) is 38.3 Å². The number of ether oxygens (including phenoxy) is 1. The Hall–Kier alpha value is -0.980. The third-order valence-corrected chi connectivity index (χ3v) is 6.30. The van der Waals surface area contributed by atoms with Crippen LogP contribution in [0.1, 0.15) is 54.2 Å². The van der Waals surface area contributed by atoms with Crippen LogP contribution in [-0.2, 0) is 21.9 Å². The summed E-state index contributed by atoms with van der Waals surface area (Å²) in [5.41, 5.74) is -1.41. The molecule has 1 aromatic rings. The van der Waals surface area contributed by atoms with E-state index in [1.54, 1.807) is 0 Å². The summed E-state index contributed by atoms with van der Waals surface area (Å²) in [6.07, 6.45) is -0.800. The van der Waals surface area contributed by atoms with Gasteiger partial charge >= 0.3 is 5.69 Å². The number of nitrogens with zero attached hydrogens (tertiary/aromatic N) is 3. The van der Waals surface area contributed by atoms with E-state index in [0.29, 0.717) is 0 Å². The summed E-state index contributed by atoms with van der Waals surface area (Å²) < 4.78 is 38.8. The average Bonchev–Trinajstić information content (AvgIpc) is 2.79. The van der Waals surface area contributed by atoms with Crippen molar-refractivity contribution >= 4 is 31.5 Å². The lowest BCUT2D eigenvalue weighted by atomic mass is 10.3. The van der Waals surface area contributed by atoms with Crippen molar-refractivity contribution in [2.24, 2.45) is 0 Å². The SMILES string of the molecule is CC.CC(C)N(C(C)C)P(OCCC#N)OCC(COOI)OC(CF)n1ccc(=O)[nH]c1=O. The molecule has 34 heavy (non-hydrogen) atoms. The molecule has 0 aliphatic rings. The minimum Gasteiger partial charge on any atom is -0.347 e. The van der Waals surface area contributed by atoms with Gasteiger partial charge in [-0.1, -0.05) is 13.8 Å². The van der Waals surface area contributed by atoms with Crippen molar-refractivity contribution in [2.45, 2.75) is 72.4 Å². The molecule has 1 heterocycles. The number of aromatic nitrogens is 2. The van der Waals surface area contributed by atoms with Crippen LogP contribution in [0.15, 0.2) is 21.9 Å². The molecule has 0 fully saturated rings. The van der Waals surface area contributed by atoms with Gasteiger partial charge in [-0.25, -0.2) is 18.7 Å². The number of hydrogen-bond acceptors (Lipinski definition) is 9. The zero-order valence-corrected chi connectivity index (χ0v) is 23.5. The number of nitrogens with one attached hydrogen (secondary N) is 1. The lowest BCUT2D eigenvalue weighted by molar-refractivity contribution is -0.211. The number of halogens is 2. The normalized spacial score (nSPS) is 13.9. The number of H-pyrrole nitrogens is 1. The van der Waals surface area contributed by atoms with Crippen molar-refractivity contribution in [2.75, 3.05) is 26.5 Å². The number of nitriles is 1. The summed E-state index contributed by atoms with van der Waals surface area (Å²) in [5.74, 6) is 0. The second kappa shape index (κ2) is 19.2. The molecule has 0 radical (unpaired) electrons. The lowest BCUT2D eigenvalue weighted by Crippen LogP contribution is -2.38. The molecule has 11 nitrogen and oxygen atoms in total. The van der Waals surface area contributed by atoms with Crippen LogP contribution >= 0.6 is 31.5 Å². The van der Waals surface area contributed by atoms with Crippen molar-refractivity contribution in [3.63, 3.8) is 0 Å². The molecule has 0 saturated heterocycles. The van der Waals surface area contributed by atoms with E-state index < -0.39 is 38.8 Å². The molecule has 196 valence electrons. The molecule has 14 heteroatoms. The summed E-state index contributed by atoms with van der Waals surface area (Å²) in [7, 11) is -1.56. The number of rotatable bonds is 16. The molecule has 3 atom stereocenters. The third kappa shape index (κ3) is 12.1. The van der Waals surface area contributed by atoms with Crippen LogP contribution in [0, 0.1) is 11.3 Å². The zero-order valence-electron chi connectivity index (χ0n) is 20.4. The fraction of sp³-hybridized carbons (Fsp3) is 0.750. The maximum Gasteiger partial charge on any atom is 0.330 e. The van der Waals surface area contributed by atoms with Crippen molar-refractivity contribution in [3.05, 3.63) is 33.1 Å². The Morgan fingerprint density at radius 1 is 1.21 bits per heavy atom. The average molecular weight is 620 g/mol. The molecule has 3 unspecified atom stereocenters. The fourth-order valence-electron chi connectivity index (χ4n) is 2.74. The van der Waals surface area contributed by atoms with Gasteiger partial charge in [0.05, 0.1) is 25.7 Å². The second-order valence-electron chi connectivity index (χ2n) is 7.07. The van der Waals surface area contributed by atoms with Crippen molar-refractivity contribution in [3.8, 4) is 6.07 Å². The van der Waals surface area contributed by atoms with Crippen LogP contribution in [0.5, 0.6) is 0 Å². The van der Waals surface area contributed by atoms with Crippen LogP contribution in [-0.4, -0.2) is 58.9 Å². The Labute approximate surface area is 215 Å². The fourth-order valence-corrected chi connectivity index (χ4v) is 4.52. The van der Waals surface area contributed by atoms with Crippen LogP contribution in [0.25, 0.3) is 0 Å². The molecule has 0 aromatic carbocycles. The molecular formula is C20H35FIN4O7P. The molecule has 0 spiro atoms. The highest BCUT2D eigenvalue weighted by Gasteiger charge is 2.29. The van der Waals surface area contributed by atoms with Crippen LogP contribution < -0.4 is 11.2 Å². The Morgan fingerprint density at radius 3 is 2.35 bits per heavy atom. The van der Waals surface area contributed by atoms with Gasteiger partial charge in [-0.05, 0) is 27.7 Å². The molecule has 0 saturated carbocycles. The molecule has 0 aliphatic heterocycles. The lowest BCUT2D eigenvalue weighted by Gasteiger charge is -2.36. The van der Waals surface area contributed by atoms with Gasteiger partial charge in [0, 0.05) is 24.3 Å². The van der Waals surface area contributed by atoms with Crippen LogP contribution in [0.4, 0.5) is 4.39 Å². The van der Waals surface area contributed by atoms with Gasteiger partial charge < -0.3 is 13.8 Å². The Kier molecular flexibility index (Phi) is 18.7. The van der Waals surface area contributed by atoms with Crippen LogP contribution in [0.3, 0.4) is 0 Å². The van der Waals surface area contributed by atoms with Gasteiger partial charge in [0.15, 0.2) is 29.2 Å². The number of aromatic amines is 1. The summed E-state index contributed by atoms with van der Waals surface area (Å²) in [6, 6.07) is 3.30. The smallest absolute Gasteiger partial charge is 0.330 e. The highest BCUT2D eigenvalue weighted by molar-refractivity contribution is 14.1. The number of hydrogen-bond donors (Lipinski definition) is 1. The summed E-state index contributed by atoms with van der Waals surface area (Å²) in [4.78, 5) is 30.3. The second-order valence-corrected chi connectivity index (χ2v) is 8.89. The molecule has 0 aliphatic carbocycles. The molecule has 0 bridgehead atoms. The van der Waals surface area contributed by atoms with E-state index >= 15 is 0 Å². The highest BCUT2D eigenvalue weighted by atomic mass is 127. The minimum absolute atomic E-state index is 0.0667. The van der Waals surface area contributed by atoms with Gasteiger partial charge in [-0.2, -0.15) is 8.48 Å². The van der Waals surface area contributed by atoms with Crippen molar-refractivity contribution in [1.29, 1.82) is 5.26 Å². The number of alkyl halides is 1. The van der Waals surface area contributed by atoms with E-state index in [9.17, 15) is 14.0 Å². The Morgan fingerprint density at radius 2 is 1.85 bits per heavy atom. The molecule has 0 amide bonds. The van der Waals surface area contributed by atoms with Gasteiger partial charge in [0.1, 0.15) is 19.4 Å². The van der Waals surface area contributed by atoms with Gasteiger partial charge in [0.25, 0.3) is 14.1 Å². The largest absolute Gasteiger partial charge is 0.347 e. The van der Waals surface area contributed by atoms with E-state index in [1.807, 2.05) is 52.3 Å². The first-order valence-electron chi connectivity index (χ1n) is 10.9. The quantitative estimate of drug-likeness (QED) is 0.0959. The molecule has 1 rings (SSSR count). The maximum absolute atomic E-state index is 13.7. The first-order chi connectivity index (χ1) is 16.2. The standard InChI is InChI=1S/C18H29FIN4O7P.C2H6/c1-13(2)24(14(3)4)32(28-9-5-7-21)29-12-15(11-27-31-20)30-17(10-19)23-8-6-16(25)22-18(23)26;1-2/h6,8,13-15,17H,5,9-12H2,1-4H3,(H,22,25,26);1-2H3. The first kappa shape index (κ1) is 33.0. The molecular weight excluding hydrogens is 585 g/mol. The maximum atomic E-state index is 13.7. The van der Waals surface area contributed by atoms with E-state index in [2.05, 4.69) is 8.20 Å². The third-order valence-electron chi connectivity index (χ3n) is 3.97. The van der Waals surface area contributed by atoms with E-state index in [4.69, 9.17) is 23.9 Å². The monoisotopic (exact) mass is 620 g/mol. The predicted octanol–water partition coefficient (Wildman–Crippen LogP) is 4.01. The zero-order chi connectivity index (χ0) is 26.1. The van der Waals surface area contributed by atoms with Crippen LogP contribution in [0.2, 0.25) is 0 Å². The highest BCUT2D eigenvalue weighted by Crippen LogP contribution is 2.46. The van der Waals surface area contributed by atoms with Gasteiger partial charge in [0.2, 0.25) is 0 Å². The van der Waals surface area contributed by atoms with Crippen molar-refractivity contribution < 1.29 is 26.3 Å². The summed E-state index contributed by atoms with van der Waals surface area (Å²) >= 11 is 1.53. The van der Waals surface area contributed by atoms with Crippen molar-refractivity contribution in [1.82, 2.24) is 14.2 Å². The summed E-state index contributed by atoms with van der Waals surface area (Å²) in [6.45, 7) is 10.9. The first-order valence-corrected chi connectivity index (χ1v) is 12.9. The predicted molar refractivity (Wildman–Crippen MR) is 135 cm³/mol. The topological polar surface area (TPSA) is 128 Å². The molecule has 1 aromatic heterocycles. The minimum atomic E-state index is -1.56. The van der Waals surface area contributed by atoms with Gasteiger partial charge in [-0.15, -0.1) is 0 Å². The summed E-state index contributed by atoms with van der Waals surface area (Å²) in [5, 5.41) is 8.81. The van der Waals surface area contributed by atoms with E-state index in [0.717, 1.165) is 16.8 Å². The van der Waals surface area contributed by atoms with Gasteiger partial charge in [-0.3, -0.25) is 14.3 Å². The Balaban J connectivity index is 0.00000529. The van der Waals surface area contributed by atoms with E-state index in [1.165, 1.54) is 23.0 Å². The molecule has 1 N–H and O–H groups in total.